The van der Waals surface area contributed by atoms with Crippen molar-refractivity contribution in [2.24, 2.45) is 0 Å². The predicted molar refractivity (Wildman–Crippen MR) is 35.9 cm³/mol. The average molecular weight is 196 g/mol. The minimum atomic E-state index is -3.64. The van der Waals surface area contributed by atoms with E-state index in [0.717, 1.165) is 6.08 Å². The number of carbonyl (C=O) groups excluding carboxylic acids is 1. The van der Waals surface area contributed by atoms with Crippen molar-refractivity contribution in [3.8, 4) is 0 Å². The molecule has 0 bridgehead atoms. The molecule has 0 amide bonds. The van der Waals surface area contributed by atoms with Crippen molar-refractivity contribution < 1.29 is 27.4 Å². The second-order valence-electron chi connectivity index (χ2n) is 2.43. The highest BCUT2D eigenvalue weighted by Crippen LogP contribution is 2.38. The van der Waals surface area contributed by atoms with E-state index in [0.29, 0.717) is 0 Å². The Labute approximate surface area is 72.1 Å². The number of hydrogen-bond donors (Lipinski definition) is 0. The summed E-state index contributed by atoms with van der Waals surface area (Å²) in [5.74, 6) is -0.588. The largest absolute Gasteiger partial charge is 0.389 e. The zero-order valence-electron chi connectivity index (χ0n) is 6.50. The Morgan fingerprint density at radius 1 is 1.69 bits per heavy atom. The number of hydrogen-bond acceptors (Lipinski definition) is 3. The summed E-state index contributed by atoms with van der Waals surface area (Å²) in [7, 11) is 0. The van der Waals surface area contributed by atoms with E-state index in [4.69, 9.17) is 0 Å². The van der Waals surface area contributed by atoms with Gasteiger partial charge >= 0.3 is 6.11 Å². The van der Waals surface area contributed by atoms with Gasteiger partial charge in [-0.05, 0) is 6.08 Å². The maximum Gasteiger partial charge on any atom is 0.389 e. The van der Waals surface area contributed by atoms with Gasteiger partial charge in [0.1, 0.15) is 6.61 Å². The molecule has 1 rings (SSSR count). The molecular weight excluding hydrogens is 189 g/mol. The number of halogens is 3. The first-order valence-corrected chi connectivity index (χ1v) is 3.44. The molecule has 0 N–H and O–H groups in total. The molecule has 1 fully saturated rings. The van der Waals surface area contributed by atoms with Crippen molar-refractivity contribution in [1.29, 1.82) is 0 Å². The highest BCUT2D eigenvalue weighted by molar-refractivity contribution is 5.90. The first kappa shape index (κ1) is 10.2. The molecule has 2 unspecified atom stereocenters. The topological polar surface area (TPSA) is 35.5 Å². The van der Waals surface area contributed by atoms with E-state index in [1.165, 1.54) is 0 Å². The van der Waals surface area contributed by atoms with Crippen LogP contribution in [0.1, 0.15) is 0 Å². The SMILES string of the molecule is C=CC(=O)COC1C(F)OC1(F)F. The quantitative estimate of drug-likeness (QED) is 0.630. The van der Waals surface area contributed by atoms with Crippen LogP contribution < -0.4 is 0 Å². The molecule has 1 saturated heterocycles. The lowest BCUT2D eigenvalue weighted by Crippen LogP contribution is -2.58. The number of rotatable bonds is 4. The molecule has 3 nitrogen and oxygen atoms in total. The maximum atomic E-state index is 12.3. The summed E-state index contributed by atoms with van der Waals surface area (Å²) >= 11 is 0. The molecule has 2 atom stereocenters. The molecule has 1 aliphatic heterocycles. The molecule has 0 aromatic carbocycles. The van der Waals surface area contributed by atoms with Crippen molar-refractivity contribution in [3.63, 3.8) is 0 Å². The third-order valence-electron chi connectivity index (χ3n) is 1.47. The summed E-state index contributed by atoms with van der Waals surface area (Å²) in [5.41, 5.74) is 0. The highest BCUT2D eigenvalue weighted by Gasteiger charge is 2.60. The Bertz CT molecular complexity index is 229. The van der Waals surface area contributed by atoms with Gasteiger partial charge in [0.2, 0.25) is 12.5 Å². The zero-order chi connectivity index (χ0) is 10.1. The Morgan fingerprint density at radius 2 is 2.31 bits per heavy atom. The molecule has 1 heterocycles. The van der Waals surface area contributed by atoms with Crippen molar-refractivity contribution in [2.45, 2.75) is 18.6 Å². The van der Waals surface area contributed by atoms with Crippen molar-refractivity contribution in [3.05, 3.63) is 12.7 Å². The normalized spacial score (nSPS) is 30.7. The van der Waals surface area contributed by atoms with Crippen LogP contribution in [0, 0.1) is 0 Å². The van der Waals surface area contributed by atoms with Crippen molar-refractivity contribution in [1.82, 2.24) is 0 Å². The smallest absolute Gasteiger partial charge is 0.356 e. The minimum Gasteiger partial charge on any atom is -0.356 e. The number of ether oxygens (including phenoxy) is 2. The summed E-state index contributed by atoms with van der Waals surface area (Å²) in [4.78, 5) is 10.5. The lowest BCUT2D eigenvalue weighted by molar-refractivity contribution is -0.443. The Balaban J connectivity index is 2.36. The first-order chi connectivity index (χ1) is 5.97. The Kier molecular flexibility index (Phi) is 2.72. The summed E-state index contributed by atoms with van der Waals surface area (Å²) in [6, 6.07) is 0. The standard InChI is InChI=1S/C7H7F3O3/c1-2-4(11)3-12-5-6(8)13-7(5,9)10/h2,5-6H,1,3H2. The number of ketones is 1. The third kappa shape index (κ3) is 2.07. The molecule has 0 aliphatic carbocycles. The monoisotopic (exact) mass is 196 g/mol. The molecule has 13 heavy (non-hydrogen) atoms. The molecule has 1 aliphatic rings. The van der Waals surface area contributed by atoms with E-state index >= 15 is 0 Å². The van der Waals surface area contributed by atoms with Crippen molar-refractivity contribution in [2.75, 3.05) is 6.61 Å². The van der Waals surface area contributed by atoms with Crippen LogP contribution in [0.15, 0.2) is 12.7 Å². The van der Waals surface area contributed by atoms with Crippen LogP contribution in [0.5, 0.6) is 0 Å². The van der Waals surface area contributed by atoms with Crippen LogP contribution in [-0.4, -0.2) is 31.0 Å². The van der Waals surface area contributed by atoms with Crippen LogP contribution in [0.2, 0.25) is 0 Å². The number of carbonyl (C=O) groups is 1. The van der Waals surface area contributed by atoms with Gasteiger partial charge in [-0.25, -0.2) is 4.39 Å². The van der Waals surface area contributed by atoms with Crippen LogP contribution in [-0.2, 0) is 14.3 Å². The van der Waals surface area contributed by atoms with Gasteiger partial charge in [0, 0.05) is 0 Å². The fourth-order valence-electron chi connectivity index (χ4n) is 0.763. The second-order valence-corrected chi connectivity index (χ2v) is 2.43. The van der Waals surface area contributed by atoms with E-state index < -0.39 is 31.0 Å². The Morgan fingerprint density at radius 3 is 2.69 bits per heavy atom. The molecule has 0 aromatic rings. The summed E-state index contributed by atoms with van der Waals surface area (Å²) < 4.78 is 44.6. The highest BCUT2D eigenvalue weighted by atomic mass is 19.3. The number of alkyl halides is 3. The van der Waals surface area contributed by atoms with E-state index in [1.54, 1.807) is 0 Å². The Hall–Kier alpha value is -0.880. The van der Waals surface area contributed by atoms with Crippen LogP contribution in [0.25, 0.3) is 0 Å². The van der Waals surface area contributed by atoms with Crippen molar-refractivity contribution >= 4 is 5.78 Å². The van der Waals surface area contributed by atoms with Crippen LogP contribution in [0.4, 0.5) is 13.2 Å². The van der Waals surface area contributed by atoms with Crippen LogP contribution in [0.3, 0.4) is 0 Å². The molecule has 0 spiro atoms. The van der Waals surface area contributed by atoms with E-state index in [2.05, 4.69) is 16.1 Å². The summed E-state index contributed by atoms with van der Waals surface area (Å²) in [6.07, 6.45) is -6.89. The molecule has 0 saturated carbocycles. The van der Waals surface area contributed by atoms with Gasteiger partial charge in [-0.1, -0.05) is 6.58 Å². The fraction of sp³-hybridized carbons (Fsp3) is 0.571. The van der Waals surface area contributed by atoms with Gasteiger partial charge in [0.05, 0.1) is 0 Å². The predicted octanol–water partition coefficient (Wildman–Crippen LogP) is 1.05. The van der Waals surface area contributed by atoms with Gasteiger partial charge < -0.3 is 4.74 Å². The molecule has 0 radical (unpaired) electrons. The second kappa shape index (κ2) is 3.47. The van der Waals surface area contributed by atoms with Gasteiger partial charge in [-0.2, -0.15) is 8.78 Å². The lowest BCUT2D eigenvalue weighted by atomic mass is 10.2. The maximum absolute atomic E-state index is 12.3. The third-order valence-corrected chi connectivity index (χ3v) is 1.47. The minimum absolute atomic E-state index is 0.588. The fourth-order valence-corrected chi connectivity index (χ4v) is 0.763. The van der Waals surface area contributed by atoms with Gasteiger partial charge in [-0.15, -0.1) is 0 Å². The summed E-state index contributed by atoms with van der Waals surface area (Å²) in [6.45, 7) is 2.48. The molecule has 0 aromatic heterocycles. The van der Waals surface area contributed by atoms with Gasteiger partial charge in [0.25, 0.3) is 0 Å². The van der Waals surface area contributed by atoms with Crippen LogP contribution >= 0.6 is 0 Å². The van der Waals surface area contributed by atoms with E-state index in [9.17, 15) is 18.0 Å². The first-order valence-electron chi connectivity index (χ1n) is 3.44. The van der Waals surface area contributed by atoms with E-state index in [-0.39, 0.29) is 0 Å². The van der Waals surface area contributed by atoms with Gasteiger partial charge in [-0.3, -0.25) is 9.53 Å². The average Bonchev–Trinajstić information content (AvgIpc) is 2.02. The van der Waals surface area contributed by atoms with Gasteiger partial charge in [0.15, 0.2) is 5.78 Å². The lowest BCUT2D eigenvalue weighted by Gasteiger charge is -2.38. The molecule has 6 heteroatoms. The molecular formula is C7H7F3O3. The molecule has 74 valence electrons. The summed E-state index contributed by atoms with van der Waals surface area (Å²) in [5, 5.41) is 0. The van der Waals surface area contributed by atoms with E-state index in [1.807, 2.05) is 0 Å². The zero-order valence-corrected chi connectivity index (χ0v) is 6.50.